The highest BCUT2D eigenvalue weighted by Gasteiger charge is 2.52. The Labute approximate surface area is 198 Å². The predicted molar refractivity (Wildman–Crippen MR) is 129 cm³/mol. The maximum atomic E-state index is 6.02. The summed E-state index contributed by atoms with van der Waals surface area (Å²) in [5.74, 6) is -0.195. The Morgan fingerprint density at radius 1 is 0.710 bits per heavy atom. The molecule has 0 saturated carbocycles. The molecule has 0 radical (unpaired) electrons. The molecule has 164 valence electrons. The first-order chi connectivity index (χ1) is 14.6. The first kappa shape index (κ1) is 24.1. The van der Waals surface area contributed by atoms with Crippen LogP contribution in [0.1, 0.15) is 27.2 Å². The summed E-state index contributed by atoms with van der Waals surface area (Å²) in [7, 11) is -1.88. The molecule has 1 fully saturated rings. The van der Waals surface area contributed by atoms with E-state index < -0.39 is 13.0 Å². The normalized spacial score (nSPS) is 17.5. The van der Waals surface area contributed by atoms with Crippen molar-refractivity contribution in [3.8, 4) is 0 Å². The van der Waals surface area contributed by atoms with Crippen LogP contribution in [0.25, 0.3) is 0 Å². The molecule has 2 nitrogen and oxygen atoms in total. The Hall–Kier alpha value is -1.51. The lowest BCUT2D eigenvalue weighted by Crippen LogP contribution is -3.00. The first-order valence-corrected chi connectivity index (χ1v) is 12.8. The van der Waals surface area contributed by atoms with E-state index in [9.17, 15) is 0 Å². The van der Waals surface area contributed by atoms with Gasteiger partial charge in [-0.25, -0.2) is 0 Å². The van der Waals surface area contributed by atoms with E-state index in [-0.39, 0.29) is 17.0 Å². The Bertz CT molecular complexity index is 831. The van der Waals surface area contributed by atoms with Crippen LogP contribution in [-0.2, 0) is 9.47 Å². The van der Waals surface area contributed by atoms with Crippen LogP contribution in [0.15, 0.2) is 91.0 Å². The summed E-state index contributed by atoms with van der Waals surface area (Å²) in [4.78, 5) is 0. The van der Waals surface area contributed by atoms with Gasteiger partial charge in [-0.2, -0.15) is 0 Å². The molecule has 0 aliphatic carbocycles. The van der Waals surface area contributed by atoms with Gasteiger partial charge in [0, 0.05) is 5.92 Å². The Morgan fingerprint density at radius 2 is 1.06 bits per heavy atom. The van der Waals surface area contributed by atoms with Crippen LogP contribution in [0.3, 0.4) is 0 Å². The molecule has 0 aromatic heterocycles. The van der Waals surface area contributed by atoms with Crippen molar-refractivity contribution in [3.05, 3.63) is 91.0 Å². The van der Waals surface area contributed by atoms with Gasteiger partial charge < -0.3 is 26.5 Å². The zero-order chi connectivity index (χ0) is 21.0. The van der Waals surface area contributed by atoms with Gasteiger partial charge in [0.15, 0.2) is 5.79 Å². The summed E-state index contributed by atoms with van der Waals surface area (Å²) in [5, 5.41) is 4.29. The third-order valence-corrected chi connectivity index (χ3v) is 11.5. The maximum Gasteiger partial charge on any atom is 0.168 e. The molecule has 0 spiro atoms. The number of hydrogen-bond donors (Lipinski definition) is 0. The maximum absolute atomic E-state index is 6.02. The van der Waals surface area contributed by atoms with E-state index in [0.717, 1.165) is 6.42 Å². The second-order valence-corrected chi connectivity index (χ2v) is 12.3. The topological polar surface area (TPSA) is 18.5 Å². The van der Waals surface area contributed by atoms with Crippen molar-refractivity contribution >= 4 is 23.2 Å². The van der Waals surface area contributed by atoms with Crippen molar-refractivity contribution in [2.24, 2.45) is 5.92 Å². The van der Waals surface area contributed by atoms with E-state index in [1.165, 1.54) is 15.9 Å². The monoisotopic (exact) mass is 498 g/mol. The van der Waals surface area contributed by atoms with Crippen molar-refractivity contribution in [2.45, 2.75) is 38.6 Å². The Morgan fingerprint density at radius 3 is 1.42 bits per heavy atom. The van der Waals surface area contributed by atoms with Crippen molar-refractivity contribution in [1.82, 2.24) is 0 Å². The minimum absolute atomic E-state index is 0. The third kappa shape index (κ3) is 4.66. The van der Waals surface area contributed by atoms with Crippen LogP contribution >= 0.6 is 7.26 Å². The van der Waals surface area contributed by atoms with Gasteiger partial charge in [-0.1, -0.05) is 61.5 Å². The molecule has 1 saturated heterocycles. The second kappa shape index (κ2) is 10.4. The zero-order valence-corrected chi connectivity index (χ0v) is 21.1. The standard InChI is InChI=1S/C27H32O2P.BrH/c1-22(27(3)28-19-20-29-27)21-23(2)30(24-13-7-4-8-14-24,25-15-9-5-10-16-25)26-17-11-6-12-18-26;/h4-18,22-23H,19-21H2,1-3H3;1H/q+1;/p-1. The fraction of sp³-hybridized carbons (Fsp3) is 0.333. The molecule has 31 heavy (non-hydrogen) atoms. The molecular formula is C27H32BrO2P. The quantitative estimate of drug-likeness (QED) is 0.464. The van der Waals surface area contributed by atoms with Crippen LogP contribution in [-0.4, -0.2) is 24.7 Å². The molecule has 1 aliphatic heterocycles. The number of rotatable bonds is 7. The summed E-state index contributed by atoms with van der Waals surface area (Å²) in [6, 6.07) is 33.3. The molecule has 0 N–H and O–H groups in total. The zero-order valence-electron chi connectivity index (χ0n) is 18.6. The van der Waals surface area contributed by atoms with Gasteiger partial charge in [-0.05, 0) is 56.7 Å². The molecule has 3 aromatic carbocycles. The van der Waals surface area contributed by atoms with Crippen molar-refractivity contribution in [1.29, 1.82) is 0 Å². The van der Waals surface area contributed by atoms with E-state index in [1.807, 2.05) is 0 Å². The van der Waals surface area contributed by atoms with Crippen LogP contribution in [0.2, 0.25) is 0 Å². The van der Waals surface area contributed by atoms with Gasteiger partial charge >= 0.3 is 0 Å². The van der Waals surface area contributed by atoms with Crippen molar-refractivity contribution < 1.29 is 26.5 Å². The highest BCUT2D eigenvalue weighted by atomic mass is 79.9. The Kier molecular flexibility index (Phi) is 8.10. The summed E-state index contributed by atoms with van der Waals surface area (Å²) in [6.07, 6.45) is 1.03. The molecular weight excluding hydrogens is 467 g/mol. The van der Waals surface area contributed by atoms with Crippen LogP contribution in [0, 0.1) is 5.92 Å². The fourth-order valence-electron chi connectivity index (χ4n) is 4.90. The van der Waals surface area contributed by atoms with Gasteiger partial charge in [0.2, 0.25) is 0 Å². The summed E-state index contributed by atoms with van der Waals surface area (Å²) in [5.41, 5.74) is 0.435. The van der Waals surface area contributed by atoms with Crippen molar-refractivity contribution in [3.63, 3.8) is 0 Å². The second-order valence-electron chi connectivity index (χ2n) is 8.43. The number of hydrogen-bond acceptors (Lipinski definition) is 2. The van der Waals surface area contributed by atoms with Gasteiger partial charge in [0.1, 0.15) is 23.2 Å². The smallest absolute Gasteiger partial charge is 0.168 e. The highest BCUT2D eigenvalue weighted by molar-refractivity contribution is 7.96. The molecule has 2 unspecified atom stereocenters. The number of benzene rings is 3. The largest absolute Gasteiger partial charge is 1.00 e. The van der Waals surface area contributed by atoms with Crippen LogP contribution in [0.4, 0.5) is 0 Å². The third-order valence-electron chi connectivity index (χ3n) is 6.60. The van der Waals surface area contributed by atoms with E-state index in [4.69, 9.17) is 9.47 Å². The molecule has 4 heteroatoms. The van der Waals surface area contributed by atoms with E-state index >= 15 is 0 Å². The van der Waals surface area contributed by atoms with Gasteiger partial charge in [-0.3, -0.25) is 0 Å². The molecule has 0 bridgehead atoms. The average molecular weight is 499 g/mol. The van der Waals surface area contributed by atoms with Crippen LogP contribution < -0.4 is 32.9 Å². The lowest BCUT2D eigenvalue weighted by molar-refractivity contribution is -0.178. The minimum Gasteiger partial charge on any atom is -1.00 e. The summed E-state index contributed by atoms with van der Waals surface area (Å²) >= 11 is 0. The lowest BCUT2D eigenvalue weighted by Gasteiger charge is -2.37. The van der Waals surface area contributed by atoms with Crippen LogP contribution in [0.5, 0.6) is 0 Å². The number of halogens is 1. The molecule has 2 atom stereocenters. The fourth-order valence-corrected chi connectivity index (χ4v) is 9.88. The summed E-state index contributed by atoms with van der Waals surface area (Å²) in [6.45, 7) is 8.18. The molecule has 3 aromatic rings. The van der Waals surface area contributed by atoms with Crippen molar-refractivity contribution in [2.75, 3.05) is 13.2 Å². The van der Waals surface area contributed by atoms with Gasteiger partial charge in [0.25, 0.3) is 0 Å². The molecule has 1 aliphatic rings. The molecule has 4 rings (SSSR count). The number of ether oxygens (including phenoxy) is 2. The summed E-state index contributed by atoms with van der Waals surface area (Å²) < 4.78 is 12.0. The first-order valence-electron chi connectivity index (χ1n) is 10.9. The molecule has 1 heterocycles. The van der Waals surface area contributed by atoms with E-state index in [2.05, 4.69) is 112 Å². The molecule has 0 amide bonds. The van der Waals surface area contributed by atoms with E-state index in [0.29, 0.717) is 24.8 Å². The lowest BCUT2D eigenvalue weighted by atomic mass is 9.97. The minimum atomic E-state index is -1.88. The van der Waals surface area contributed by atoms with Gasteiger partial charge in [-0.15, -0.1) is 0 Å². The SMILES string of the molecule is CC(CC(C)[P+](c1ccccc1)(c1ccccc1)c1ccccc1)C1(C)OCCO1.[Br-]. The Balaban J connectivity index is 0.00000272. The predicted octanol–water partition coefficient (Wildman–Crippen LogP) is 2.16. The average Bonchev–Trinajstić information content (AvgIpc) is 3.24. The van der Waals surface area contributed by atoms with E-state index in [1.54, 1.807) is 0 Å². The van der Waals surface area contributed by atoms with Gasteiger partial charge in [0.05, 0.1) is 18.9 Å². The highest BCUT2D eigenvalue weighted by Crippen LogP contribution is 2.61.